The summed E-state index contributed by atoms with van der Waals surface area (Å²) in [5.41, 5.74) is -0.867. The molecular weight excluding hydrogens is 383 g/mol. The topological polar surface area (TPSA) is 83.9 Å². The van der Waals surface area contributed by atoms with Gasteiger partial charge in [0.2, 0.25) is 0 Å². The van der Waals surface area contributed by atoms with Crippen LogP contribution in [-0.2, 0) is 23.2 Å². The van der Waals surface area contributed by atoms with Crippen LogP contribution in [0.4, 0.5) is 13.2 Å². The molecule has 0 amide bonds. The van der Waals surface area contributed by atoms with Crippen LogP contribution in [0, 0.1) is 0 Å². The fraction of sp³-hybridized carbons (Fsp3) is 0.375. The minimum atomic E-state index is -4.63. The van der Waals surface area contributed by atoms with Crippen LogP contribution in [0.25, 0.3) is 22.3 Å². The highest BCUT2D eigenvalue weighted by atomic mass is 32.2. The van der Waals surface area contributed by atoms with Crippen LogP contribution in [0.3, 0.4) is 0 Å². The van der Waals surface area contributed by atoms with Gasteiger partial charge in [0, 0.05) is 36.6 Å². The average molecular weight is 399 g/mol. The van der Waals surface area contributed by atoms with Gasteiger partial charge in [-0.2, -0.15) is 22.6 Å². The van der Waals surface area contributed by atoms with Gasteiger partial charge < -0.3 is 4.98 Å². The lowest BCUT2D eigenvalue weighted by molar-refractivity contribution is -0.137. The third-order valence-electron chi connectivity index (χ3n) is 4.59. The minimum absolute atomic E-state index is 0.112. The molecule has 1 N–H and O–H groups in total. The first-order valence-corrected chi connectivity index (χ1v) is 9.71. The predicted molar refractivity (Wildman–Crippen MR) is 91.3 cm³/mol. The van der Waals surface area contributed by atoms with Crippen LogP contribution in [0.1, 0.15) is 18.4 Å². The van der Waals surface area contributed by atoms with Crippen LogP contribution in [0.15, 0.2) is 29.6 Å². The van der Waals surface area contributed by atoms with E-state index in [0.717, 1.165) is 18.9 Å². The fourth-order valence-electron chi connectivity index (χ4n) is 3.32. The number of H-pyrrole nitrogens is 1. The van der Waals surface area contributed by atoms with Gasteiger partial charge >= 0.3 is 6.18 Å². The van der Waals surface area contributed by atoms with E-state index in [9.17, 15) is 21.6 Å². The Morgan fingerprint density at radius 2 is 1.89 bits per heavy atom. The Balaban J connectivity index is 1.96. The van der Waals surface area contributed by atoms with Crippen LogP contribution in [0.5, 0.6) is 0 Å². The zero-order chi connectivity index (χ0) is 19.4. The van der Waals surface area contributed by atoms with Crippen molar-refractivity contribution in [3.05, 3.63) is 30.1 Å². The van der Waals surface area contributed by atoms with Crippen LogP contribution in [0.2, 0.25) is 0 Å². The Morgan fingerprint density at radius 3 is 2.48 bits per heavy atom. The monoisotopic (exact) mass is 399 g/mol. The zero-order valence-corrected chi connectivity index (χ0v) is 15.1. The maximum Gasteiger partial charge on any atom is 0.417 e. The maximum atomic E-state index is 13.6. The number of alkyl halides is 3. The molecular formula is C16H16F3N5O2S. The molecule has 27 heavy (non-hydrogen) atoms. The number of aromatic amines is 1. The summed E-state index contributed by atoms with van der Waals surface area (Å²) in [5, 5.41) is 3.98. The lowest BCUT2D eigenvalue weighted by Crippen LogP contribution is -2.28. The summed E-state index contributed by atoms with van der Waals surface area (Å²) >= 11 is 0. The second-order valence-corrected chi connectivity index (χ2v) is 8.34. The van der Waals surface area contributed by atoms with Gasteiger partial charge in [-0.3, -0.25) is 4.68 Å². The molecule has 144 valence electrons. The first kappa shape index (κ1) is 18.0. The van der Waals surface area contributed by atoms with E-state index in [-0.39, 0.29) is 27.3 Å². The molecule has 0 radical (unpaired) electrons. The van der Waals surface area contributed by atoms with Crippen molar-refractivity contribution < 1.29 is 21.6 Å². The molecule has 0 aliphatic carbocycles. The average Bonchev–Trinajstić information content (AvgIpc) is 3.33. The molecule has 4 rings (SSSR count). The number of halogens is 3. The SMILES string of the molecule is Cn1cnc(-c2c(C(F)(F)F)ccc3[nH]c(S(=O)(=O)N4CCCC4)cc23)n1. The number of hydrogen-bond donors (Lipinski definition) is 1. The molecule has 7 nitrogen and oxygen atoms in total. The van der Waals surface area contributed by atoms with Gasteiger partial charge in [-0.15, -0.1) is 0 Å². The van der Waals surface area contributed by atoms with Crippen LogP contribution >= 0.6 is 0 Å². The third-order valence-corrected chi connectivity index (χ3v) is 6.41. The van der Waals surface area contributed by atoms with Gasteiger partial charge in [0.25, 0.3) is 10.0 Å². The van der Waals surface area contributed by atoms with E-state index in [1.807, 2.05) is 0 Å². The number of benzene rings is 1. The number of fused-ring (bicyclic) bond motifs is 1. The van der Waals surface area contributed by atoms with E-state index >= 15 is 0 Å². The Morgan fingerprint density at radius 1 is 1.19 bits per heavy atom. The second kappa shape index (κ2) is 6.06. The molecule has 0 spiro atoms. The molecule has 1 fully saturated rings. The first-order chi connectivity index (χ1) is 12.7. The summed E-state index contributed by atoms with van der Waals surface area (Å²) in [5.74, 6) is -0.112. The van der Waals surface area contributed by atoms with Gasteiger partial charge in [-0.1, -0.05) is 0 Å². The van der Waals surface area contributed by atoms with Crippen LogP contribution in [-0.4, -0.2) is 45.6 Å². The molecule has 2 aromatic heterocycles. The molecule has 1 aliphatic heterocycles. The number of nitrogens with zero attached hydrogens (tertiary/aromatic N) is 4. The quantitative estimate of drug-likeness (QED) is 0.734. The van der Waals surface area contributed by atoms with Crippen molar-refractivity contribution in [1.82, 2.24) is 24.1 Å². The number of aryl methyl sites for hydroxylation is 1. The van der Waals surface area contributed by atoms with Crippen molar-refractivity contribution in [3.8, 4) is 11.4 Å². The normalized spacial score (nSPS) is 16.4. The molecule has 3 heterocycles. The molecule has 1 aromatic carbocycles. The van der Waals surface area contributed by atoms with E-state index in [4.69, 9.17) is 0 Å². The third kappa shape index (κ3) is 3.00. The van der Waals surface area contributed by atoms with Gasteiger partial charge in [-0.05, 0) is 31.0 Å². The first-order valence-electron chi connectivity index (χ1n) is 8.27. The summed E-state index contributed by atoms with van der Waals surface area (Å²) in [6.45, 7) is 0.806. The highest BCUT2D eigenvalue weighted by molar-refractivity contribution is 7.89. The van der Waals surface area contributed by atoms with Crippen molar-refractivity contribution in [2.45, 2.75) is 24.0 Å². The standard InChI is InChI=1S/C16H16F3N5O2S/c1-23-9-20-15(22-23)14-10-8-13(27(25,26)24-6-2-3-7-24)21-12(10)5-4-11(14)16(17,18)19/h4-5,8-9,21H,2-3,6-7H2,1H3. The summed E-state index contributed by atoms with van der Waals surface area (Å²) < 4.78 is 68.8. The zero-order valence-electron chi connectivity index (χ0n) is 14.3. The molecule has 1 saturated heterocycles. The van der Waals surface area contributed by atoms with Gasteiger partial charge in [-0.25, -0.2) is 13.4 Å². The largest absolute Gasteiger partial charge is 0.417 e. The van der Waals surface area contributed by atoms with Crippen molar-refractivity contribution in [3.63, 3.8) is 0 Å². The number of aromatic nitrogens is 4. The number of nitrogens with one attached hydrogen (secondary N) is 1. The highest BCUT2D eigenvalue weighted by Crippen LogP contribution is 2.40. The van der Waals surface area contributed by atoms with Crippen molar-refractivity contribution >= 4 is 20.9 Å². The van der Waals surface area contributed by atoms with Crippen LogP contribution < -0.4 is 0 Å². The summed E-state index contributed by atoms with van der Waals surface area (Å²) in [6.07, 6.45) is -1.81. The van der Waals surface area contributed by atoms with Gasteiger partial charge in [0.15, 0.2) is 5.82 Å². The Kier molecular flexibility index (Phi) is 4.04. The molecule has 11 heteroatoms. The molecule has 0 saturated carbocycles. The molecule has 1 aliphatic rings. The summed E-state index contributed by atoms with van der Waals surface area (Å²) in [4.78, 5) is 6.69. The van der Waals surface area contributed by atoms with E-state index in [2.05, 4.69) is 15.1 Å². The fourth-order valence-corrected chi connectivity index (χ4v) is 4.84. The van der Waals surface area contributed by atoms with Crippen molar-refractivity contribution in [2.75, 3.05) is 13.1 Å². The molecule has 3 aromatic rings. The van der Waals surface area contributed by atoms with Gasteiger partial charge in [0.1, 0.15) is 11.4 Å². The Labute approximate surface area is 152 Å². The van der Waals surface area contributed by atoms with E-state index in [0.29, 0.717) is 13.1 Å². The van der Waals surface area contributed by atoms with Crippen molar-refractivity contribution in [2.24, 2.45) is 7.05 Å². The highest BCUT2D eigenvalue weighted by Gasteiger charge is 2.37. The van der Waals surface area contributed by atoms with E-state index in [1.54, 1.807) is 7.05 Å². The molecule has 0 unspecified atom stereocenters. The number of sulfonamides is 1. The Bertz CT molecular complexity index is 1110. The lowest BCUT2D eigenvalue weighted by atomic mass is 10.0. The van der Waals surface area contributed by atoms with E-state index in [1.165, 1.54) is 27.4 Å². The number of hydrogen-bond acceptors (Lipinski definition) is 4. The molecule has 0 atom stereocenters. The lowest BCUT2D eigenvalue weighted by Gasteiger charge is -2.13. The summed E-state index contributed by atoms with van der Waals surface area (Å²) in [6, 6.07) is 3.38. The minimum Gasteiger partial charge on any atom is -0.344 e. The van der Waals surface area contributed by atoms with Gasteiger partial charge in [0.05, 0.1) is 5.56 Å². The second-order valence-electron chi connectivity index (χ2n) is 6.43. The predicted octanol–water partition coefficient (Wildman–Crippen LogP) is 2.77. The number of rotatable bonds is 3. The molecule has 0 bridgehead atoms. The van der Waals surface area contributed by atoms with Crippen molar-refractivity contribution in [1.29, 1.82) is 0 Å². The Hall–Kier alpha value is -2.40. The smallest absolute Gasteiger partial charge is 0.344 e. The van der Waals surface area contributed by atoms with E-state index < -0.39 is 21.8 Å². The maximum absolute atomic E-state index is 13.6. The summed E-state index contributed by atoms with van der Waals surface area (Å²) in [7, 11) is -2.25.